The third-order valence-electron chi connectivity index (χ3n) is 4.95. The van der Waals surface area contributed by atoms with Gasteiger partial charge >= 0.3 is 0 Å². The summed E-state index contributed by atoms with van der Waals surface area (Å²) in [5.41, 5.74) is 1.53. The fraction of sp³-hybridized carbons (Fsp3) is 0.364. The molecule has 1 amide bonds. The lowest BCUT2D eigenvalue weighted by Crippen LogP contribution is -2.29. The topological polar surface area (TPSA) is 69.2 Å². The van der Waals surface area contributed by atoms with Gasteiger partial charge in [-0.3, -0.25) is 4.79 Å². The predicted molar refractivity (Wildman–Crippen MR) is 118 cm³/mol. The second-order valence-corrected chi connectivity index (χ2v) is 7.79. The highest BCUT2D eigenvalue weighted by Crippen LogP contribution is 2.38. The molecule has 0 aliphatic heterocycles. The molecule has 0 radical (unpaired) electrons. The Morgan fingerprint density at radius 2 is 1.87 bits per heavy atom. The summed E-state index contributed by atoms with van der Waals surface area (Å²) in [5, 5.41) is 7.22. The minimum Gasteiger partial charge on any atom is -0.490 e. The Labute approximate surface area is 186 Å². The molecule has 1 aliphatic carbocycles. The molecule has 1 N–H and O–H groups in total. The zero-order valence-corrected chi connectivity index (χ0v) is 18.4. The number of benzene rings is 2. The van der Waals surface area contributed by atoms with Crippen LogP contribution in [-0.2, 0) is 16.2 Å². The maximum atomic E-state index is 12.2. The Hall–Kier alpha value is -2.44. The van der Waals surface area contributed by atoms with Gasteiger partial charge in [0.05, 0.1) is 16.7 Å². The number of rotatable bonds is 9. The first-order valence-corrected chi connectivity index (χ1v) is 10.4. The number of hydrogen-bond donors (Lipinski definition) is 1. The van der Waals surface area contributed by atoms with Crippen LogP contribution in [0.25, 0.3) is 0 Å². The average molecular weight is 451 g/mol. The van der Waals surface area contributed by atoms with E-state index < -0.39 is 0 Å². The number of oxime groups is 1. The van der Waals surface area contributed by atoms with Crippen molar-refractivity contribution in [3.05, 3.63) is 57.6 Å². The van der Waals surface area contributed by atoms with E-state index in [1.165, 1.54) is 33.4 Å². The van der Waals surface area contributed by atoms with Gasteiger partial charge in [-0.1, -0.05) is 59.0 Å². The minimum atomic E-state index is -0.358. The third-order valence-corrected chi connectivity index (χ3v) is 5.51. The molecule has 1 saturated carbocycles. The normalized spacial score (nSPS) is 14.1. The number of halogens is 2. The molecule has 1 aliphatic rings. The molecule has 1 fully saturated rings. The van der Waals surface area contributed by atoms with Crippen molar-refractivity contribution in [1.29, 1.82) is 0 Å². The molecule has 0 saturated heterocycles. The quantitative estimate of drug-likeness (QED) is 0.437. The summed E-state index contributed by atoms with van der Waals surface area (Å²) in [5.74, 6) is 1.20. The van der Waals surface area contributed by atoms with Crippen LogP contribution in [0.5, 0.6) is 11.5 Å². The highest BCUT2D eigenvalue weighted by atomic mass is 35.5. The summed E-state index contributed by atoms with van der Waals surface area (Å²) in [6.45, 7) is 0.805. The second kappa shape index (κ2) is 10.5. The van der Waals surface area contributed by atoms with Crippen molar-refractivity contribution in [2.45, 2.75) is 25.9 Å². The van der Waals surface area contributed by atoms with Crippen LogP contribution in [0.1, 0.15) is 30.4 Å². The average Bonchev–Trinajstić information content (AvgIpc) is 2.71. The number of hydrogen-bond acceptors (Lipinski definition) is 5. The van der Waals surface area contributed by atoms with Gasteiger partial charge in [-0.05, 0) is 24.3 Å². The van der Waals surface area contributed by atoms with Crippen LogP contribution in [0.2, 0.25) is 10.0 Å². The highest BCUT2D eigenvalue weighted by molar-refractivity contribution is 6.45. The van der Waals surface area contributed by atoms with Crippen LogP contribution in [0.4, 0.5) is 0 Å². The summed E-state index contributed by atoms with van der Waals surface area (Å²) in [6, 6.07) is 10.7. The molecule has 30 heavy (non-hydrogen) atoms. The van der Waals surface area contributed by atoms with Crippen LogP contribution in [0, 0.1) is 5.92 Å². The van der Waals surface area contributed by atoms with Crippen molar-refractivity contribution in [2.75, 3.05) is 20.8 Å². The molecule has 0 heterocycles. The smallest absolute Gasteiger partial charge is 0.273 e. The van der Waals surface area contributed by atoms with E-state index in [-0.39, 0.29) is 18.2 Å². The summed E-state index contributed by atoms with van der Waals surface area (Å²) >= 11 is 12.7. The van der Waals surface area contributed by atoms with Crippen molar-refractivity contribution in [1.82, 2.24) is 5.32 Å². The molecular formula is C22H24Cl2N2O4. The van der Waals surface area contributed by atoms with E-state index in [9.17, 15) is 4.79 Å². The maximum Gasteiger partial charge on any atom is 0.273 e. The molecule has 0 bridgehead atoms. The number of likely N-dealkylation sites (N-methyl/N-ethyl adjacent to an activating group) is 1. The largest absolute Gasteiger partial charge is 0.490 e. The number of nitrogens with zero attached hydrogens (tertiary/aromatic N) is 1. The summed E-state index contributed by atoms with van der Waals surface area (Å²) < 4.78 is 11.7. The Morgan fingerprint density at radius 3 is 2.47 bits per heavy atom. The van der Waals surface area contributed by atoms with Crippen molar-refractivity contribution in [3.63, 3.8) is 0 Å². The fourth-order valence-corrected chi connectivity index (χ4v) is 3.66. The Morgan fingerprint density at radius 1 is 1.17 bits per heavy atom. The number of carbonyl (C=O) groups is 1. The monoisotopic (exact) mass is 450 g/mol. The van der Waals surface area contributed by atoms with Crippen LogP contribution < -0.4 is 14.8 Å². The van der Waals surface area contributed by atoms with E-state index in [0.29, 0.717) is 39.6 Å². The molecule has 0 aromatic heterocycles. The molecule has 160 valence electrons. The SMILES string of the molecule is CNC(=O)/C(=N/OC)c1ccccc1COc1cc(Cl)c(OCC2CCC2)c(Cl)c1. The zero-order chi connectivity index (χ0) is 21.5. The summed E-state index contributed by atoms with van der Waals surface area (Å²) in [7, 11) is 2.92. The van der Waals surface area contributed by atoms with Gasteiger partial charge in [0.25, 0.3) is 5.91 Å². The van der Waals surface area contributed by atoms with Gasteiger partial charge in [0.1, 0.15) is 19.5 Å². The van der Waals surface area contributed by atoms with E-state index in [2.05, 4.69) is 10.5 Å². The third kappa shape index (κ3) is 5.37. The van der Waals surface area contributed by atoms with Crippen LogP contribution in [0.3, 0.4) is 0 Å². The Balaban J connectivity index is 1.74. The second-order valence-electron chi connectivity index (χ2n) is 6.97. The van der Waals surface area contributed by atoms with E-state index in [1.54, 1.807) is 18.2 Å². The molecule has 8 heteroatoms. The summed E-state index contributed by atoms with van der Waals surface area (Å²) in [6.07, 6.45) is 3.61. The van der Waals surface area contributed by atoms with Gasteiger partial charge in [0.15, 0.2) is 11.5 Å². The number of ether oxygens (including phenoxy) is 2. The molecule has 3 rings (SSSR count). The molecule has 2 aromatic carbocycles. The lowest BCUT2D eigenvalue weighted by Gasteiger charge is -2.25. The van der Waals surface area contributed by atoms with E-state index in [4.69, 9.17) is 37.5 Å². The molecule has 2 aromatic rings. The van der Waals surface area contributed by atoms with Crippen LogP contribution in [-0.4, -0.2) is 32.4 Å². The lowest BCUT2D eigenvalue weighted by atomic mass is 9.86. The first-order chi connectivity index (χ1) is 14.5. The van der Waals surface area contributed by atoms with E-state index in [1.807, 2.05) is 18.2 Å². The van der Waals surface area contributed by atoms with Crippen LogP contribution >= 0.6 is 23.2 Å². The van der Waals surface area contributed by atoms with Crippen molar-refractivity contribution >= 4 is 34.8 Å². The Kier molecular flexibility index (Phi) is 7.82. The molecule has 0 unspecified atom stereocenters. The van der Waals surface area contributed by atoms with Gasteiger partial charge in [0.2, 0.25) is 0 Å². The van der Waals surface area contributed by atoms with Gasteiger partial charge in [-0.25, -0.2) is 0 Å². The first-order valence-electron chi connectivity index (χ1n) is 9.69. The zero-order valence-electron chi connectivity index (χ0n) is 16.9. The first kappa shape index (κ1) is 22.2. The Bertz CT molecular complexity index is 906. The summed E-state index contributed by atoms with van der Waals surface area (Å²) in [4.78, 5) is 17.0. The van der Waals surface area contributed by atoms with Crippen LogP contribution in [0.15, 0.2) is 41.6 Å². The molecular weight excluding hydrogens is 427 g/mol. The number of nitrogens with one attached hydrogen (secondary N) is 1. The molecule has 0 spiro atoms. The lowest BCUT2D eigenvalue weighted by molar-refractivity contribution is -0.114. The predicted octanol–water partition coefficient (Wildman–Crippen LogP) is 4.85. The molecule has 0 atom stereocenters. The standard InChI is InChI=1S/C22H24Cl2N2O4/c1-25-22(27)20(26-28-2)17-9-4-3-8-15(17)13-29-16-10-18(23)21(19(24)11-16)30-12-14-6-5-7-14/h3-4,8-11,14H,5-7,12-13H2,1-2H3,(H,25,27)/b26-20+. The van der Waals surface area contributed by atoms with Crippen molar-refractivity contribution in [3.8, 4) is 11.5 Å². The highest BCUT2D eigenvalue weighted by Gasteiger charge is 2.20. The van der Waals surface area contributed by atoms with Gasteiger partial charge < -0.3 is 19.6 Å². The van der Waals surface area contributed by atoms with Gasteiger partial charge in [-0.2, -0.15) is 0 Å². The number of carbonyl (C=O) groups excluding carboxylic acids is 1. The number of amides is 1. The van der Waals surface area contributed by atoms with Gasteiger partial charge in [-0.15, -0.1) is 0 Å². The molecule has 6 nitrogen and oxygen atoms in total. The van der Waals surface area contributed by atoms with Crippen molar-refractivity contribution in [2.24, 2.45) is 11.1 Å². The van der Waals surface area contributed by atoms with Gasteiger partial charge in [0, 0.05) is 24.7 Å². The van der Waals surface area contributed by atoms with E-state index in [0.717, 1.165) is 5.56 Å². The van der Waals surface area contributed by atoms with E-state index >= 15 is 0 Å². The minimum absolute atomic E-state index is 0.162. The fourth-order valence-electron chi connectivity index (χ4n) is 3.08. The maximum absolute atomic E-state index is 12.2. The van der Waals surface area contributed by atoms with Crippen molar-refractivity contribution < 1.29 is 19.1 Å².